The minimum Gasteiger partial charge on any atom is -0.380 e. The molecule has 20 heavy (non-hydrogen) atoms. The average Bonchev–Trinajstić information content (AvgIpc) is 2.42. The molecule has 1 heterocycles. The van der Waals surface area contributed by atoms with E-state index in [0.717, 1.165) is 11.4 Å². The van der Waals surface area contributed by atoms with Crippen LogP contribution in [0.15, 0.2) is 18.2 Å². The molecule has 0 aliphatic carbocycles. The van der Waals surface area contributed by atoms with Crippen molar-refractivity contribution in [1.82, 2.24) is 5.32 Å². The van der Waals surface area contributed by atoms with Crippen LogP contribution < -0.4 is 10.6 Å². The Morgan fingerprint density at radius 3 is 2.85 bits per heavy atom. The number of thioether (sulfide) groups is 1. The predicted octanol–water partition coefficient (Wildman–Crippen LogP) is 3.64. The van der Waals surface area contributed by atoms with Gasteiger partial charge in [-0.15, -0.1) is 0 Å². The molecule has 0 spiro atoms. The molecule has 1 amide bonds. The van der Waals surface area contributed by atoms with Gasteiger partial charge in [-0.05, 0) is 35.8 Å². The normalized spacial score (nSPS) is 21.3. The van der Waals surface area contributed by atoms with Crippen molar-refractivity contribution >= 4 is 35.0 Å². The van der Waals surface area contributed by atoms with Gasteiger partial charge in [0.1, 0.15) is 0 Å². The van der Waals surface area contributed by atoms with Gasteiger partial charge in [0.2, 0.25) is 0 Å². The third-order valence-electron chi connectivity index (χ3n) is 3.90. The first kappa shape index (κ1) is 15.5. The van der Waals surface area contributed by atoms with Crippen LogP contribution in [0.3, 0.4) is 0 Å². The Morgan fingerprint density at radius 2 is 2.20 bits per heavy atom. The lowest BCUT2D eigenvalue weighted by Gasteiger charge is -2.39. The van der Waals surface area contributed by atoms with Crippen molar-refractivity contribution in [3.8, 4) is 0 Å². The molecule has 1 aliphatic heterocycles. The van der Waals surface area contributed by atoms with Gasteiger partial charge in [-0.2, -0.15) is 11.8 Å². The first-order chi connectivity index (χ1) is 9.44. The van der Waals surface area contributed by atoms with Crippen LogP contribution in [0.25, 0.3) is 0 Å². The number of carbonyl (C=O) groups excluding carboxylic acids is 1. The van der Waals surface area contributed by atoms with E-state index in [9.17, 15) is 4.79 Å². The van der Waals surface area contributed by atoms with Crippen LogP contribution >= 0.6 is 23.4 Å². The third-order valence-corrected chi connectivity index (χ3v) is 5.30. The van der Waals surface area contributed by atoms with Gasteiger partial charge in [0.05, 0.1) is 10.7 Å². The first-order valence-corrected chi connectivity index (χ1v) is 8.33. The molecule has 1 aliphatic rings. The fourth-order valence-corrected chi connectivity index (χ4v) is 4.06. The smallest absolute Gasteiger partial charge is 0.251 e. The van der Waals surface area contributed by atoms with Gasteiger partial charge in [0, 0.05) is 24.4 Å². The van der Waals surface area contributed by atoms with Gasteiger partial charge >= 0.3 is 0 Å². The molecule has 1 saturated heterocycles. The summed E-state index contributed by atoms with van der Waals surface area (Å²) in [6.07, 6.45) is 1.18. The van der Waals surface area contributed by atoms with E-state index in [1.807, 2.05) is 17.8 Å². The number of hydrogen-bond donors (Lipinski definition) is 2. The van der Waals surface area contributed by atoms with Crippen molar-refractivity contribution < 1.29 is 4.79 Å². The van der Waals surface area contributed by atoms with E-state index in [1.54, 1.807) is 19.2 Å². The summed E-state index contributed by atoms with van der Waals surface area (Å²) < 4.78 is 0. The van der Waals surface area contributed by atoms with Crippen molar-refractivity contribution in [3.05, 3.63) is 28.8 Å². The van der Waals surface area contributed by atoms with Crippen molar-refractivity contribution in [1.29, 1.82) is 0 Å². The fraction of sp³-hybridized carbons (Fsp3) is 0.533. The number of halogens is 1. The molecule has 1 fully saturated rings. The lowest BCUT2D eigenvalue weighted by molar-refractivity contribution is 0.0963. The molecule has 2 N–H and O–H groups in total. The Labute approximate surface area is 129 Å². The number of hydrogen-bond acceptors (Lipinski definition) is 3. The van der Waals surface area contributed by atoms with Gasteiger partial charge in [-0.3, -0.25) is 4.79 Å². The molecule has 1 atom stereocenters. The monoisotopic (exact) mass is 312 g/mol. The Hall–Kier alpha value is -0.870. The summed E-state index contributed by atoms with van der Waals surface area (Å²) in [5.74, 6) is 2.17. The molecule has 5 heteroatoms. The highest BCUT2D eigenvalue weighted by atomic mass is 35.5. The van der Waals surface area contributed by atoms with Crippen LogP contribution in [0.4, 0.5) is 5.69 Å². The highest BCUT2D eigenvalue weighted by Gasteiger charge is 2.32. The van der Waals surface area contributed by atoms with E-state index >= 15 is 0 Å². The van der Waals surface area contributed by atoms with Crippen LogP contribution in [0.1, 0.15) is 30.6 Å². The van der Waals surface area contributed by atoms with Crippen molar-refractivity contribution in [2.45, 2.75) is 26.3 Å². The van der Waals surface area contributed by atoms with Crippen LogP contribution in [0.5, 0.6) is 0 Å². The van der Waals surface area contributed by atoms with E-state index in [1.165, 1.54) is 12.2 Å². The average molecular weight is 313 g/mol. The van der Waals surface area contributed by atoms with Gasteiger partial charge in [0.15, 0.2) is 0 Å². The fourth-order valence-electron chi connectivity index (χ4n) is 2.28. The molecule has 2 rings (SSSR count). The zero-order chi connectivity index (χ0) is 14.8. The standard InChI is InChI=1S/C15H21ClN2OS/c1-15(2)6-7-20-9-13(15)18-12-8-10(14(19)17-3)4-5-11(12)16/h4-5,8,13,18H,6-7,9H2,1-3H3,(H,17,19). The molecule has 0 bridgehead atoms. The SMILES string of the molecule is CNC(=O)c1ccc(Cl)c(NC2CSCCC2(C)C)c1. The van der Waals surface area contributed by atoms with E-state index in [4.69, 9.17) is 11.6 Å². The summed E-state index contributed by atoms with van der Waals surface area (Å²) in [6, 6.07) is 5.71. The molecule has 110 valence electrons. The molecule has 3 nitrogen and oxygen atoms in total. The summed E-state index contributed by atoms with van der Waals surface area (Å²) in [5.41, 5.74) is 1.70. The van der Waals surface area contributed by atoms with Crippen molar-refractivity contribution in [2.75, 3.05) is 23.9 Å². The second kappa shape index (κ2) is 6.27. The van der Waals surface area contributed by atoms with E-state index in [2.05, 4.69) is 24.5 Å². The quantitative estimate of drug-likeness (QED) is 0.895. The number of carbonyl (C=O) groups is 1. The number of anilines is 1. The second-order valence-corrected chi connectivity index (χ2v) is 7.34. The summed E-state index contributed by atoms with van der Waals surface area (Å²) in [4.78, 5) is 11.7. The van der Waals surface area contributed by atoms with E-state index in [-0.39, 0.29) is 11.3 Å². The lowest BCUT2D eigenvalue weighted by Crippen LogP contribution is -2.41. The Morgan fingerprint density at radius 1 is 1.45 bits per heavy atom. The van der Waals surface area contributed by atoms with Crippen molar-refractivity contribution in [2.24, 2.45) is 5.41 Å². The van der Waals surface area contributed by atoms with Crippen molar-refractivity contribution in [3.63, 3.8) is 0 Å². The molecule has 0 aromatic heterocycles. The zero-order valence-corrected chi connectivity index (χ0v) is 13.7. The first-order valence-electron chi connectivity index (χ1n) is 6.80. The number of rotatable bonds is 3. The predicted molar refractivity (Wildman–Crippen MR) is 88.0 cm³/mol. The molecule has 0 saturated carbocycles. The van der Waals surface area contributed by atoms with Gasteiger partial charge in [0.25, 0.3) is 5.91 Å². The molecule has 1 unspecified atom stereocenters. The summed E-state index contributed by atoms with van der Waals surface area (Å²) in [7, 11) is 1.63. The molecule has 1 aromatic carbocycles. The van der Waals surface area contributed by atoms with Gasteiger partial charge in [-0.1, -0.05) is 25.4 Å². The molecular formula is C15H21ClN2OS. The van der Waals surface area contributed by atoms with Crippen LogP contribution in [0.2, 0.25) is 5.02 Å². The summed E-state index contributed by atoms with van der Waals surface area (Å²) in [6.45, 7) is 4.56. The molecular weight excluding hydrogens is 292 g/mol. The van der Waals surface area contributed by atoms with Crippen LogP contribution in [0, 0.1) is 5.41 Å². The highest BCUT2D eigenvalue weighted by Crippen LogP contribution is 2.37. The molecule has 1 aromatic rings. The van der Waals surface area contributed by atoms with E-state index < -0.39 is 0 Å². The summed E-state index contributed by atoms with van der Waals surface area (Å²) >= 11 is 8.22. The maximum absolute atomic E-state index is 11.7. The highest BCUT2D eigenvalue weighted by molar-refractivity contribution is 7.99. The second-order valence-electron chi connectivity index (χ2n) is 5.78. The Balaban J connectivity index is 2.21. The van der Waals surface area contributed by atoms with Crippen LogP contribution in [-0.2, 0) is 0 Å². The number of amides is 1. The van der Waals surface area contributed by atoms with Crippen LogP contribution in [-0.4, -0.2) is 30.5 Å². The summed E-state index contributed by atoms with van der Waals surface area (Å²) in [5, 5.41) is 6.82. The third kappa shape index (κ3) is 3.41. The molecule has 0 radical (unpaired) electrons. The maximum Gasteiger partial charge on any atom is 0.251 e. The Kier molecular flexibility index (Phi) is 4.86. The number of nitrogens with one attached hydrogen (secondary N) is 2. The number of benzene rings is 1. The lowest BCUT2D eigenvalue weighted by atomic mass is 9.82. The minimum atomic E-state index is -0.0954. The zero-order valence-electron chi connectivity index (χ0n) is 12.1. The van der Waals surface area contributed by atoms with E-state index in [0.29, 0.717) is 16.6 Å². The maximum atomic E-state index is 11.7. The Bertz CT molecular complexity index is 505. The van der Waals surface area contributed by atoms with Gasteiger partial charge in [-0.25, -0.2) is 0 Å². The van der Waals surface area contributed by atoms with Gasteiger partial charge < -0.3 is 10.6 Å². The largest absolute Gasteiger partial charge is 0.380 e. The topological polar surface area (TPSA) is 41.1 Å². The minimum absolute atomic E-state index is 0.0954.